The summed E-state index contributed by atoms with van der Waals surface area (Å²) in [5.74, 6) is 1.24. The third kappa shape index (κ3) is 4.39. The molecule has 0 unspecified atom stereocenters. The molecule has 0 N–H and O–H groups in total. The van der Waals surface area contributed by atoms with Crippen molar-refractivity contribution in [3.05, 3.63) is 44.7 Å². The van der Waals surface area contributed by atoms with Crippen LogP contribution in [0.4, 0.5) is 0 Å². The van der Waals surface area contributed by atoms with E-state index in [-0.39, 0.29) is 0 Å². The van der Waals surface area contributed by atoms with Crippen LogP contribution in [0.15, 0.2) is 44.7 Å². The SMILES string of the molecule is Br[13c]1[13c](Br)[13c](Br)[13c](O[13c]2[13c](Br)[13c](Br)[13c](Br)[13c](Br)[13c]2Br)[13c](Br)[13c]1Br. The maximum atomic E-state index is 6.19. The minimum Gasteiger partial charge on any atom is -0.452 e. The van der Waals surface area contributed by atoms with E-state index in [9.17, 15) is 0 Å². The molecule has 0 aliphatic heterocycles. The van der Waals surface area contributed by atoms with E-state index in [1.54, 1.807) is 0 Å². The fourth-order valence-electron chi connectivity index (χ4n) is 1.45. The summed E-state index contributed by atoms with van der Waals surface area (Å²) in [6.07, 6.45) is 0. The zero-order chi connectivity index (χ0) is 17.6. The monoisotopic (exact) mass is 961 g/mol. The van der Waals surface area contributed by atoms with Gasteiger partial charge >= 0.3 is 0 Å². The normalized spacial score (nSPS) is 11.0. The number of ether oxygens (including phenoxy) is 1. The number of rotatable bonds is 2. The second kappa shape index (κ2) is 9.03. The van der Waals surface area contributed by atoms with Crippen molar-refractivity contribution < 1.29 is 4.74 Å². The highest BCUT2D eigenvalue weighted by Crippen LogP contribution is 2.54. The molecular weight excluding hydrogens is 971 g/mol. The summed E-state index contributed by atoms with van der Waals surface area (Å²) in [6.45, 7) is 0. The molecule has 0 saturated heterocycles. The van der Waals surface area contributed by atoms with Crippen molar-refractivity contribution in [1.82, 2.24) is 0 Å². The smallest absolute Gasteiger partial charge is 0.158 e. The fraction of sp³-hybridized carbons (Fsp3) is 0. The minimum absolute atomic E-state index is 0.620. The van der Waals surface area contributed by atoms with Crippen molar-refractivity contribution in [2.24, 2.45) is 0 Å². The summed E-state index contributed by atoms with van der Waals surface area (Å²) in [5, 5.41) is 0. The van der Waals surface area contributed by atoms with Gasteiger partial charge in [-0.3, -0.25) is 0 Å². The average molecular weight is 971 g/mol. The standard InChI is InChI=1S/C12Br10O/c13-1-3(15)7(19)11(8(20)4(1)16)23-12-9(21)5(17)2(14)6(18)10(12)22/i1+1,2+1,3+1,4+1,5+1,6+1,7+1,8+1,9+1,10+1,11+1,12+1. The molecule has 0 saturated carbocycles. The lowest BCUT2D eigenvalue weighted by atomic mass is 11.3. The quantitative estimate of drug-likeness (QED) is 0.215. The molecule has 11 heteroatoms. The Labute approximate surface area is 216 Å². The maximum absolute atomic E-state index is 6.19. The van der Waals surface area contributed by atoms with Gasteiger partial charge in [0.15, 0.2) is 11.5 Å². The van der Waals surface area contributed by atoms with Gasteiger partial charge in [-0.2, -0.15) is 0 Å². The molecule has 2 aromatic rings. The lowest BCUT2D eigenvalue weighted by Crippen LogP contribution is -1.94. The molecule has 0 atom stereocenters. The third-order valence-corrected chi connectivity index (χ3v) is 14.6. The van der Waals surface area contributed by atoms with Crippen LogP contribution in [0.5, 0.6) is 11.5 Å². The molecule has 0 fully saturated rings. The van der Waals surface area contributed by atoms with Gasteiger partial charge in [-0.05, 0) is 159 Å². The molecule has 0 aliphatic carbocycles. The van der Waals surface area contributed by atoms with Gasteiger partial charge in [0.2, 0.25) is 0 Å². The van der Waals surface area contributed by atoms with Gasteiger partial charge in [0.1, 0.15) is 0 Å². The van der Waals surface area contributed by atoms with E-state index in [1.807, 2.05) is 0 Å². The van der Waals surface area contributed by atoms with Crippen LogP contribution in [0, 0.1) is 0 Å². The van der Waals surface area contributed by atoms with E-state index >= 15 is 0 Å². The van der Waals surface area contributed by atoms with Crippen molar-refractivity contribution in [2.75, 3.05) is 0 Å². The molecule has 0 radical (unpaired) electrons. The second-order valence-electron chi connectivity index (χ2n) is 3.90. The Hall–Kier alpha value is 3.04. The van der Waals surface area contributed by atoms with Crippen LogP contribution in [0.3, 0.4) is 0 Å². The summed E-state index contributed by atoms with van der Waals surface area (Å²) in [5.41, 5.74) is 0. The summed E-state index contributed by atoms with van der Waals surface area (Å²) < 4.78 is 14.4. The van der Waals surface area contributed by atoms with Crippen LogP contribution >= 0.6 is 159 Å². The van der Waals surface area contributed by atoms with Crippen LogP contribution in [0.2, 0.25) is 0 Å². The highest BCUT2D eigenvalue weighted by Gasteiger charge is 2.24. The van der Waals surface area contributed by atoms with Crippen LogP contribution in [0.1, 0.15) is 0 Å². The topological polar surface area (TPSA) is 9.23 Å². The van der Waals surface area contributed by atoms with E-state index in [2.05, 4.69) is 159 Å². The van der Waals surface area contributed by atoms with Gasteiger partial charge in [0, 0.05) is 8.95 Å². The third-order valence-electron chi connectivity index (χ3n) is 2.54. The van der Waals surface area contributed by atoms with E-state index < -0.39 is 0 Å². The molecule has 0 heterocycles. The van der Waals surface area contributed by atoms with Gasteiger partial charge in [-0.15, -0.1) is 0 Å². The van der Waals surface area contributed by atoms with E-state index in [1.165, 1.54) is 0 Å². The predicted molar refractivity (Wildman–Crippen MR) is 130 cm³/mol. The minimum atomic E-state index is 0.620. The second-order valence-corrected chi connectivity index (χ2v) is 11.8. The molecule has 0 aliphatic rings. The molecule has 1 nitrogen and oxygen atoms in total. The summed E-state index contributed by atoms with van der Waals surface area (Å²) >= 11 is 35.4. The first-order valence-electron chi connectivity index (χ1n) is 5.30. The van der Waals surface area contributed by atoms with E-state index in [0.717, 1.165) is 44.7 Å². The van der Waals surface area contributed by atoms with Crippen LogP contribution < -0.4 is 4.74 Å². The van der Waals surface area contributed by atoms with Gasteiger partial charge in [0.05, 0.1) is 35.8 Å². The zero-order valence-electron chi connectivity index (χ0n) is 10.2. The van der Waals surface area contributed by atoms with Gasteiger partial charge < -0.3 is 4.74 Å². The van der Waals surface area contributed by atoms with Crippen molar-refractivity contribution in [3.8, 4) is 11.5 Å². The largest absolute Gasteiger partial charge is 0.452 e. The molecule has 0 amide bonds. The highest BCUT2D eigenvalue weighted by atomic mass is 79.9. The Morgan fingerprint density at radius 1 is 0.304 bits per heavy atom. The van der Waals surface area contributed by atoms with Gasteiger partial charge in [-0.25, -0.2) is 0 Å². The molecule has 23 heavy (non-hydrogen) atoms. The molecule has 0 spiro atoms. The molecular formula is C12Br10O. The van der Waals surface area contributed by atoms with Crippen molar-refractivity contribution >= 4 is 159 Å². The molecule has 0 bridgehead atoms. The first-order valence-corrected chi connectivity index (χ1v) is 13.2. The molecule has 2 rings (SSSR count). The lowest BCUT2D eigenvalue weighted by molar-refractivity contribution is 0.468. The zero-order valence-corrected chi connectivity index (χ0v) is 26.0. The Balaban J connectivity index is 2.71. The Kier molecular flexibility index (Phi) is 8.76. The van der Waals surface area contributed by atoms with Crippen molar-refractivity contribution in [2.45, 2.75) is 0 Å². The summed E-state index contributed by atoms with van der Waals surface area (Å²) in [7, 11) is 0. The number of hydrogen-bond acceptors (Lipinski definition) is 1. The van der Waals surface area contributed by atoms with Gasteiger partial charge in [0.25, 0.3) is 0 Å². The Morgan fingerprint density at radius 3 is 0.696 bits per heavy atom. The maximum Gasteiger partial charge on any atom is 0.158 e. The fourth-order valence-corrected chi connectivity index (χ4v) is 7.80. The van der Waals surface area contributed by atoms with Crippen LogP contribution in [-0.2, 0) is 0 Å². The first-order chi connectivity index (χ1) is 10.6. The Morgan fingerprint density at radius 2 is 0.478 bits per heavy atom. The van der Waals surface area contributed by atoms with Crippen molar-refractivity contribution in [1.29, 1.82) is 0 Å². The van der Waals surface area contributed by atoms with E-state index in [4.69, 9.17) is 4.74 Å². The number of hydrogen-bond donors (Lipinski definition) is 0. The molecule has 124 valence electrons. The Bertz CT molecular complexity index is 691. The van der Waals surface area contributed by atoms with Crippen LogP contribution in [0.25, 0.3) is 0 Å². The predicted octanol–water partition coefficient (Wildman–Crippen LogP) is 11.1. The number of halogens is 10. The van der Waals surface area contributed by atoms with E-state index in [0.29, 0.717) is 11.5 Å². The average Bonchev–Trinajstić information content (AvgIpc) is 2.54. The lowest BCUT2D eigenvalue weighted by Gasteiger charge is -2.18. The first kappa shape index (κ1) is 22.3. The number of benzene rings is 2. The summed E-state index contributed by atoms with van der Waals surface area (Å²) in [4.78, 5) is 0. The molecule has 0 aromatic heterocycles. The summed E-state index contributed by atoms with van der Waals surface area (Å²) in [6, 6.07) is 0. The highest BCUT2D eigenvalue weighted by molar-refractivity contribution is 9.16. The molecule has 2 aromatic carbocycles. The van der Waals surface area contributed by atoms with Crippen LogP contribution in [-0.4, -0.2) is 0 Å². The van der Waals surface area contributed by atoms with Gasteiger partial charge in [-0.1, -0.05) is 0 Å². The van der Waals surface area contributed by atoms with Crippen molar-refractivity contribution in [3.63, 3.8) is 0 Å².